The SMILES string of the molecule is CS(=O)(=O)CS(=O)(=O)NCCN. The predicted molar refractivity (Wildman–Crippen MR) is 45.7 cm³/mol. The van der Waals surface area contributed by atoms with Gasteiger partial charge in [-0.3, -0.25) is 0 Å². The molecule has 0 saturated heterocycles. The molecule has 0 bridgehead atoms. The first-order chi connectivity index (χ1) is 5.27. The molecule has 3 N–H and O–H groups in total. The first kappa shape index (κ1) is 11.8. The number of sulfone groups is 1. The van der Waals surface area contributed by atoms with Crippen LogP contribution in [-0.2, 0) is 19.9 Å². The zero-order valence-corrected chi connectivity index (χ0v) is 8.28. The van der Waals surface area contributed by atoms with Gasteiger partial charge in [0.1, 0.15) is 0 Å². The van der Waals surface area contributed by atoms with Crippen LogP contribution >= 0.6 is 0 Å². The molecule has 0 aliphatic carbocycles. The third-order valence-corrected chi connectivity index (χ3v) is 4.43. The van der Waals surface area contributed by atoms with E-state index in [2.05, 4.69) is 0 Å². The highest BCUT2D eigenvalue weighted by Gasteiger charge is 2.16. The minimum Gasteiger partial charge on any atom is -0.329 e. The van der Waals surface area contributed by atoms with Gasteiger partial charge in [0.25, 0.3) is 0 Å². The molecule has 0 spiro atoms. The Hall–Kier alpha value is -0.180. The molecule has 74 valence electrons. The van der Waals surface area contributed by atoms with Crippen LogP contribution in [0.1, 0.15) is 0 Å². The molecule has 12 heavy (non-hydrogen) atoms. The van der Waals surface area contributed by atoms with Crippen LogP contribution in [0.15, 0.2) is 0 Å². The lowest BCUT2D eigenvalue weighted by Gasteiger charge is -2.02. The van der Waals surface area contributed by atoms with Gasteiger partial charge in [0.15, 0.2) is 14.9 Å². The van der Waals surface area contributed by atoms with Gasteiger partial charge in [0.05, 0.1) is 0 Å². The van der Waals surface area contributed by atoms with Crippen molar-refractivity contribution in [3.05, 3.63) is 0 Å². The Labute approximate surface area is 72.1 Å². The van der Waals surface area contributed by atoms with Gasteiger partial charge in [-0.15, -0.1) is 0 Å². The molecule has 8 heteroatoms. The van der Waals surface area contributed by atoms with Gasteiger partial charge in [-0.05, 0) is 0 Å². The van der Waals surface area contributed by atoms with Crippen LogP contribution in [0.5, 0.6) is 0 Å². The molecule has 0 atom stereocenters. The molecule has 0 unspecified atom stereocenters. The van der Waals surface area contributed by atoms with Crippen molar-refractivity contribution in [1.82, 2.24) is 4.72 Å². The molecule has 0 saturated carbocycles. The van der Waals surface area contributed by atoms with Crippen molar-refractivity contribution in [1.29, 1.82) is 0 Å². The summed E-state index contributed by atoms with van der Waals surface area (Å²) in [5, 5.41) is -0.889. The summed E-state index contributed by atoms with van der Waals surface area (Å²) in [6.45, 7) is 0.195. The number of hydrogen-bond donors (Lipinski definition) is 2. The quantitative estimate of drug-likeness (QED) is 0.546. The summed E-state index contributed by atoms with van der Waals surface area (Å²) >= 11 is 0. The maximum absolute atomic E-state index is 10.9. The standard InChI is InChI=1S/C4H12N2O4S2/c1-11(7,8)4-12(9,10)6-3-2-5/h6H,2-5H2,1H3. The minimum atomic E-state index is -3.72. The second-order valence-corrected chi connectivity index (χ2v) is 6.65. The molecular weight excluding hydrogens is 204 g/mol. The lowest BCUT2D eigenvalue weighted by Crippen LogP contribution is -2.33. The van der Waals surface area contributed by atoms with Crippen LogP contribution < -0.4 is 10.5 Å². The van der Waals surface area contributed by atoms with E-state index < -0.39 is 24.9 Å². The number of hydrogen-bond acceptors (Lipinski definition) is 5. The number of nitrogens with two attached hydrogens (primary N) is 1. The van der Waals surface area contributed by atoms with Crippen molar-refractivity contribution in [2.75, 3.05) is 24.4 Å². The lowest BCUT2D eigenvalue weighted by atomic mass is 10.7. The molecule has 0 aliphatic heterocycles. The van der Waals surface area contributed by atoms with E-state index in [1.165, 1.54) is 0 Å². The van der Waals surface area contributed by atoms with Gasteiger partial charge in [-0.25, -0.2) is 21.6 Å². The molecule has 0 rings (SSSR count). The number of sulfonamides is 1. The monoisotopic (exact) mass is 216 g/mol. The Morgan fingerprint density at radius 2 is 1.75 bits per heavy atom. The van der Waals surface area contributed by atoms with Gasteiger partial charge < -0.3 is 5.73 Å². The smallest absolute Gasteiger partial charge is 0.226 e. The Morgan fingerprint density at radius 1 is 1.25 bits per heavy atom. The molecule has 0 aromatic heterocycles. The van der Waals surface area contributed by atoms with Crippen LogP contribution in [0.25, 0.3) is 0 Å². The molecule has 0 amide bonds. The highest BCUT2D eigenvalue weighted by molar-refractivity contribution is 8.06. The summed E-state index contributed by atoms with van der Waals surface area (Å²) in [4.78, 5) is 0. The first-order valence-electron chi connectivity index (χ1n) is 3.12. The zero-order valence-electron chi connectivity index (χ0n) is 6.65. The fraction of sp³-hybridized carbons (Fsp3) is 1.00. The van der Waals surface area contributed by atoms with E-state index in [0.717, 1.165) is 6.26 Å². The van der Waals surface area contributed by atoms with Gasteiger partial charge in [0.2, 0.25) is 10.0 Å². The van der Waals surface area contributed by atoms with Crippen LogP contribution in [0.4, 0.5) is 0 Å². The third-order valence-electron chi connectivity index (χ3n) is 0.836. The average molecular weight is 216 g/mol. The van der Waals surface area contributed by atoms with Crippen LogP contribution in [-0.4, -0.2) is 41.3 Å². The molecule has 0 aromatic rings. The Morgan fingerprint density at radius 3 is 2.08 bits per heavy atom. The summed E-state index contributed by atoms with van der Waals surface area (Å²) in [5.74, 6) is 0. The second-order valence-electron chi connectivity index (χ2n) is 2.34. The molecule has 0 radical (unpaired) electrons. The zero-order chi connectivity index (χ0) is 9.83. The van der Waals surface area contributed by atoms with Crippen molar-refractivity contribution < 1.29 is 16.8 Å². The Bertz CT molecular complexity index is 317. The van der Waals surface area contributed by atoms with Gasteiger partial charge in [-0.2, -0.15) is 0 Å². The maximum Gasteiger partial charge on any atom is 0.226 e. The van der Waals surface area contributed by atoms with E-state index in [-0.39, 0.29) is 13.1 Å². The van der Waals surface area contributed by atoms with Gasteiger partial charge >= 0.3 is 0 Å². The van der Waals surface area contributed by atoms with Crippen LogP contribution in [0, 0.1) is 0 Å². The van der Waals surface area contributed by atoms with Crippen LogP contribution in [0.3, 0.4) is 0 Å². The predicted octanol–water partition coefficient (Wildman–Crippen LogP) is -2.13. The van der Waals surface area contributed by atoms with Crippen molar-refractivity contribution in [2.45, 2.75) is 0 Å². The minimum absolute atomic E-state index is 0.0534. The summed E-state index contributed by atoms with van der Waals surface area (Å²) in [5.41, 5.74) is 5.02. The van der Waals surface area contributed by atoms with E-state index in [9.17, 15) is 16.8 Å². The fourth-order valence-electron chi connectivity index (χ4n) is 0.538. The van der Waals surface area contributed by atoms with Gasteiger partial charge in [-0.1, -0.05) is 0 Å². The Kier molecular flexibility index (Phi) is 4.11. The molecule has 0 aromatic carbocycles. The summed E-state index contributed by atoms with van der Waals surface area (Å²) in [6.07, 6.45) is 0.856. The largest absolute Gasteiger partial charge is 0.329 e. The normalized spacial score (nSPS) is 13.2. The molecule has 6 nitrogen and oxygen atoms in total. The second kappa shape index (κ2) is 4.17. The molecule has 0 fully saturated rings. The fourth-order valence-corrected chi connectivity index (χ4v) is 3.55. The lowest BCUT2D eigenvalue weighted by molar-refractivity contribution is 0.581. The van der Waals surface area contributed by atoms with E-state index in [1.54, 1.807) is 0 Å². The maximum atomic E-state index is 10.9. The first-order valence-corrected chi connectivity index (χ1v) is 6.83. The summed E-state index contributed by atoms with van der Waals surface area (Å²) in [7, 11) is -7.22. The topological polar surface area (TPSA) is 106 Å². The van der Waals surface area contributed by atoms with E-state index >= 15 is 0 Å². The van der Waals surface area contributed by atoms with Crippen LogP contribution in [0.2, 0.25) is 0 Å². The Balaban J connectivity index is 4.26. The molecule has 0 aliphatic rings. The van der Waals surface area contributed by atoms with E-state index in [1.807, 2.05) is 4.72 Å². The number of rotatable bonds is 5. The van der Waals surface area contributed by atoms with E-state index in [0.29, 0.717) is 0 Å². The number of nitrogens with one attached hydrogen (secondary N) is 1. The highest BCUT2D eigenvalue weighted by atomic mass is 32.3. The molecule has 0 heterocycles. The van der Waals surface area contributed by atoms with E-state index in [4.69, 9.17) is 5.73 Å². The highest BCUT2D eigenvalue weighted by Crippen LogP contribution is 1.90. The molecular formula is C4H12N2O4S2. The van der Waals surface area contributed by atoms with Gasteiger partial charge in [0, 0.05) is 19.3 Å². The van der Waals surface area contributed by atoms with Crippen molar-refractivity contribution in [3.63, 3.8) is 0 Å². The van der Waals surface area contributed by atoms with Crippen molar-refractivity contribution in [2.24, 2.45) is 5.73 Å². The summed E-state index contributed by atoms with van der Waals surface area (Å²) in [6, 6.07) is 0. The third kappa shape index (κ3) is 6.53. The van der Waals surface area contributed by atoms with Crippen molar-refractivity contribution in [3.8, 4) is 0 Å². The summed E-state index contributed by atoms with van der Waals surface area (Å²) < 4.78 is 44.9. The average Bonchev–Trinajstić information content (AvgIpc) is 1.78. The van der Waals surface area contributed by atoms with Crippen molar-refractivity contribution >= 4 is 19.9 Å².